The van der Waals surface area contributed by atoms with Crippen molar-refractivity contribution in [2.45, 2.75) is 33.1 Å². The number of carbonyl (C=O) groups excluding carboxylic acids is 2. The van der Waals surface area contributed by atoms with Gasteiger partial charge in [-0.15, -0.1) is 0 Å². The quantitative estimate of drug-likeness (QED) is 0.711. The molecule has 0 aliphatic carbocycles. The Hall–Kier alpha value is -1.26. The second kappa shape index (κ2) is 9.78. The molecule has 0 radical (unpaired) electrons. The summed E-state index contributed by atoms with van der Waals surface area (Å²) in [5.74, 6) is -0.164. The van der Waals surface area contributed by atoms with Crippen LogP contribution in [0.25, 0.3) is 0 Å². The second-order valence-corrected chi connectivity index (χ2v) is 6.44. The van der Waals surface area contributed by atoms with Crippen molar-refractivity contribution in [1.29, 1.82) is 0 Å². The molecule has 2 amide bonds. The summed E-state index contributed by atoms with van der Waals surface area (Å²) in [6.45, 7) is 4.81. The van der Waals surface area contributed by atoms with E-state index in [0.717, 1.165) is 18.4 Å². The molecule has 4 nitrogen and oxygen atoms in total. The molecular formula is C17H24Cl2N2O2. The predicted molar refractivity (Wildman–Crippen MR) is 95.0 cm³/mol. The first kappa shape index (κ1) is 19.8. The highest BCUT2D eigenvalue weighted by atomic mass is 35.5. The molecule has 0 saturated heterocycles. The van der Waals surface area contributed by atoms with E-state index in [1.165, 1.54) is 6.92 Å². The Bertz CT molecular complexity index is 549. The molecule has 0 aliphatic heterocycles. The minimum Gasteiger partial charge on any atom is -0.344 e. The summed E-state index contributed by atoms with van der Waals surface area (Å²) in [4.78, 5) is 27.2. The zero-order chi connectivity index (χ0) is 17.4. The van der Waals surface area contributed by atoms with Crippen molar-refractivity contribution >= 4 is 35.0 Å². The molecule has 0 unspecified atom stereocenters. The van der Waals surface area contributed by atoms with Gasteiger partial charge in [-0.2, -0.15) is 0 Å². The lowest BCUT2D eigenvalue weighted by molar-refractivity contribution is -0.138. The summed E-state index contributed by atoms with van der Waals surface area (Å²) >= 11 is 12.0. The number of halogens is 2. The molecule has 1 aromatic carbocycles. The fourth-order valence-corrected chi connectivity index (χ4v) is 2.63. The van der Waals surface area contributed by atoms with Gasteiger partial charge in [0.25, 0.3) is 0 Å². The maximum Gasteiger partial charge on any atom is 0.241 e. The molecule has 0 atom stereocenters. The second-order valence-electron chi connectivity index (χ2n) is 5.60. The number of carbonyl (C=O) groups is 2. The molecule has 0 spiro atoms. The molecule has 6 heteroatoms. The van der Waals surface area contributed by atoms with Crippen LogP contribution in [0.5, 0.6) is 0 Å². The third-order valence-corrected chi connectivity index (χ3v) is 4.30. The lowest BCUT2D eigenvalue weighted by Crippen LogP contribution is -2.41. The van der Waals surface area contributed by atoms with Gasteiger partial charge in [0.1, 0.15) is 0 Å². The van der Waals surface area contributed by atoms with Gasteiger partial charge in [0.15, 0.2) is 0 Å². The monoisotopic (exact) mass is 358 g/mol. The zero-order valence-electron chi connectivity index (χ0n) is 13.9. The Morgan fingerprint density at radius 3 is 2.43 bits per heavy atom. The number of hydrogen-bond donors (Lipinski definition) is 0. The van der Waals surface area contributed by atoms with Crippen molar-refractivity contribution in [1.82, 2.24) is 9.80 Å². The third kappa shape index (κ3) is 6.80. The number of hydrogen-bond acceptors (Lipinski definition) is 2. The Morgan fingerprint density at radius 1 is 1.17 bits per heavy atom. The maximum atomic E-state index is 12.2. The normalized spacial score (nSPS) is 10.5. The topological polar surface area (TPSA) is 40.6 Å². The number of nitrogens with zero attached hydrogens (tertiary/aromatic N) is 2. The molecular weight excluding hydrogens is 335 g/mol. The van der Waals surface area contributed by atoms with Gasteiger partial charge in [-0.05, 0) is 30.5 Å². The first-order valence-corrected chi connectivity index (χ1v) is 8.54. The highest BCUT2D eigenvalue weighted by Crippen LogP contribution is 2.21. The van der Waals surface area contributed by atoms with Gasteiger partial charge in [-0.3, -0.25) is 9.59 Å². The van der Waals surface area contributed by atoms with Gasteiger partial charge in [-0.1, -0.05) is 42.6 Å². The van der Waals surface area contributed by atoms with Crippen LogP contribution in [0.1, 0.15) is 32.3 Å². The SMILES string of the molecule is CCCCN(C)C(=O)CN(CCc1ccc(Cl)cc1Cl)C(C)=O. The Morgan fingerprint density at radius 2 is 1.87 bits per heavy atom. The molecule has 0 aliphatic rings. The van der Waals surface area contributed by atoms with E-state index in [4.69, 9.17) is 23.2 Å². The number of likely N-dealkylation sites (N-methyl/N-ethyl adjacent to an activating group) is 1. The summed E-state index contributed by atoms with van der Waals surface area (Å²) in [5, 5.41) is 1.15. The highest BCUT2D eigenvalue weighted by molar-refractivity contribution is 6.35. The number of rotatable bonds is 8. The molecule has 0 N–H and O–H groups in total. The van der Waals surface area contributed by atoms with Crippen LogP contribution in [0, 0.1) is 0 Å². The summed E-state index contributed by atoms with van der Waals surface area (Å²) in [6.07, 6.45) is 2.58. The Kier molecular flexibility index (Phi) is 8.42. The van der Waals surface area contributed by atoms with Crippen molar-refractivity contribution < 1.29 is 9.59 Å². The van der Waals surface area contributed by atoms with E-state index in [9.17, 15) is 9.59 Å². The molecule has 0 heterocycles. The van der Waals surface area contributed by atoms with Crippen LogP contribution in [0.2, 0.25) is 10.0 Å². The van der Waals surface area contributed by atoms with E-state index in [2.05, 4.69) is 6.92 Å². The van der Waals surface area contributed by atoms with Crippen LogP contribution in [0.15, 0.2) is 18.2 Å². The zero-order valence-corrected chi connectivity index (χ0v) is 15.5. The third-order valence-electron chi connectivity index (χ3n) is 3.71. The first-order valence-electron chi connectivity index (χ1n) is 7.78. The molecule has 0 saturated carbocycles. The molecule has 0 fully saturated rings. The van der Waals surface area contributed by atoms with Crippen LogP contribution in [0.4, 0.5) is 0 Å². The van der Waals surface area contributed by atoms with Gasteiger partial charge in [0.2, 0.25) is 11.8 Å². The average molecular weight is 359 g/mol. The van der Waals surface area contributed by atoms with E-state index in [0.29, 0.717) is 29.6 Å². The van der Waals surface area contributed by atoms with Gasteiger partial charge in [0.05, 0.1) is 6.54 Å². The van der Waals surface area contributed by atoms with Crippen LogP contribution < -0.4 is 0 Å². The summed E-state index contributed by atoms with van der Waals surface area (Å²) in [7, 11) is 1.77. The number of benzene rings is 1. The minimum absolute atomic E-state index is 0.0455. The van der Waals surface area contributed by atoms with Crippen molar-refractivity contribution in [3.63, 3.8) is 0 Å². The summed E-state index contributed by atoms with van der Waals surface area (Å²) in [6, 6.07) is 5.29. The van der Waals surface area contributed by atoms with Crippen LogP contribution in [-0.2, 0) is 16.0 Å². The van der Waals surface area contributed by atoms with Gasteiger partial charge in [0, 0.05) is 37.1 Å². The van der Waals surface area contributed by atoms with Crippen molar-refractivity contribution in [2.24, 2.45) is 0 Å². The number of amides is 2. The fourth-order valence-electron chi connectivity index (χ4n) is 2.13. The van der Waals surface area contributed by atoms with Crippen molar-refractivity contribution in [3.05, 3.63) is 33.8 Å². The van der Waals surface area contributed by atoms with Gasteiger partial charge < -0.3 is 9.80 Å². The van der Waals surface area contributed by atoms with Crippen LogP contribution in [0.3, 0.4) is 0 Å². The largest absolute Gasteiger partial charge is 0.344 e. The first-order chi connectivity index (χ1) is 10.8. The molecule has 23 heavy (non-hydrogen) atoms. The lowest BCUT2D eigenvalue weighted by Gasteiger charge is -2.24. The number of unbranched alkanes of at least 4 members (excludes halogenated alkanes) is 1. The minimum atomic E-state index is -0.118. The molecule has 128 valence electrons. The maximum absolute atomic E-state index is 12.2. The van der Waals surface area contributed by atoms with E-state index < -0.39 is 0 Å². The van der Waals surface area contributed by atoms with E-state index in [1.807, 2.05) is 6.07 Å². The van der Waals surface area contributed by atoms with Crippen LogP contribution >= 0.6 is 23.2 Å². The van der Waals surface area contributed by atoms with Crippen molar-refractivity contribution in [3.8, 4) is 0 Å². The predicted octanol–water partition coefficient (Wildman–Crippen LogP) is 3.64. The summed E-state index contributed by atoms with van der Waals surface area (Å²) in [5.41, 5.74) is 0.911. The summed E-state index contributed by atoms with van der Waals surface area (Å²) < 4.78 is 0. The lowest BCUT2D eigenvalue weighted by atomic mass is 10.1. The molecule has 0 bridgehead atoms. The molecule has 1 aromatic rings. The Balaban J connectivity index is 2.61. The smallest absolute Gasteiger partial charge is 0.241 e. The van der Waals surface area contributed by atoms with Gasteiger partial charge >= 0.3 is 0 Å². The Labute approximate surface area is 148 Å². The average Bonchev–Trinajstić information content (AvgIpc) is 2.49. The van der Waals surface area contributed by atoms with Crippen molar-refractivity contribution in [2.75, 3.05) is 26.7 Å². The molecule has 1 rings (SSSR count). The molecule has 0 aromatic heterocycles. The van der Waals surface area contributed by atoms with Crippen LogP contribution in [-0.4, -0.2) is 48.3 Å². The standard InChI is InChI=1S/C17H24Cl2N2O2/c1-4-5-9-20(3)17(23)12-21(13(2)22)10-8-14-6-7-15(18)11-16(14)19/h6-7,11H,4-5,8-10,12H2,1-3H3. The van der Waals surface area contributed by atoms with E-state index in [-0.39, 0.29) is 18.4 Å². The van der Waals surface area contributed by atoms with Gasteiger partial charge in [-0.25, -0.2) is 0 Å². The highest BCUT2D eigenvalue weighted by Gasteiger charge is 2.17. The fraction of sp³-hybridized carbons (Fsp3) is 0.529. The van der Waals surface area contributed by atoms with E-state index in [1.54, 1.807) is 29.0 Å². The van der Waals surface area contributed by atoms with E-state index >= 15 is 0 Å².